The molecule has 0 unspecified atom stereocenters. The van der Waals surface area contributed by atoms with Crippen molar-refractivity contribution in [2.24, 2.45) is 0 Å². The molecule has 0 bridgehead atoms. The largest absolute Gasteiger partial charge is 0.298 e. The van der Waals surface area contributed by atoms with Gasteiger partial charge >= 0.3 is 0 Å². The van der Waals surface area contributed by atoms with Crippen molar-refractivity contribution in [3.8, 4) is 0 Å². The zero-order valence-corrected chi connectivity index (χ0v) is 14.4. The van der Waals surface area contributed by atoms with Crippen LogP contribution in [0.1, 0.15) is 21.5 Å². The van der Waals surface area contributed by atoms with Crippen LogP contribution in [-0.4, -0.2) is 47.2 Å². The van der Waals surface area contributed by atoms with E-state index in [1.807, 2.05) is 37.1 Å². The maximum absolute atomic E-state index is 12.0. The van der Waals surface area contributed by atoms with Gasteiger partial charge in [-0.3, -0.25) is 19.8 Å². The summed E-state index contributed by atoms with van der Waals surface area (Å²) in [4.78, 5) is 32.8. The number of amides is 1. The summed E-state index contributed by atoms with van der Waals surface area (Å²) < 4.78 is 0. The van der Waals surface area contributed by atoms with E-state index in [9.17, 15) is 9.59 Å². The van der Waals surface area contributed by atoms with Gasteiger partial charge in [0, 0.05) is 12.1 Å². The third-order valence-corrected chi connectivity index (χ3v) is 3.67. The van der Waals surface area contributed by atoms with Crippen LogP contribution in [0.25, 0.3) is 0 Å². The summed E-state index contributed by atoms with van der Waals surface area (Å²) in [6.45, 7) is 2.84. The Morgan fingerprint density at radius 3 is 2.71 bits per heavy atom. The number of hydrogen-bond donors (Lipinski definition) is 1. The minimum atomic E-state index is -0.209. The number of carbonyl (C=O) groups excluding carboxylic acids is 2. The Morgan fingerprint density at radius 2 is 2.04 bits per heavy atom. The standard InChI is InChI=1S/C17H19ClN4O2/c1-12-3-4-14(11-23)13(7-12)5-6-22(2)10-16(24)21-17-19-8-15(18)9-20-17/h3-4,7-9,11H,5-6,10H2,1-2H3,(H,19,20,21,24). The Hall–Kier alpha value is -2.31. The predicted octanol–water partition coefficient (Wildman–Crippen LogP) is 2.36. The van der Waals surface area contributed by atoms with E-state index in [2.05, 4.69) is 15.3 Å². The second kappa shape index (κ2) is 8.52. The third kappa shape index (κ3) is 5.40. The maximum atomic E-state index is 12.0. The molecular formula is C17H19ClN4O2. The molecule has 0 aliphatic heterocycles. The number of carbonyl (C=O) groups is 2. The number of likely N-dealkylation sites (N-methyl/N-ethyl adjacent to an activating group) is 1. The van der Waals surface area contributed by atoms with E-state index in [1.165, 1.54) is 12.4 Å². The summed E-state index contributed by atoms with van der Waals surface area (Å²) in [5.74, 6) is 0.0133. The van der Waals surface area contributed by atoms with Gasteiger partial charge < -0.3 is 0 Å². The van der Waals surface area contributed by atoms with E-state index in [-0.39, 0.29) is 18.4 Å². The molecule has 0 aliphatic carbocycles. The SMILES string of the molecule is Cc1ccc(C=O)c(CCN(C)CC(=O)Nc2ncc(Cl)cn2)c1. The smallest absolute Gasteiger partial charge is 0.240 e. The lowest BCUT2D eigenvalue weighted by molar-refractivity contribution is -0.117. The monoisotopic (exact) mass is 346 g/mol. The van der Waals surface area contributed by atoms with Crippen LogP contribution in [0.5, 0.6) is 0 Å². The molecule has 2 aromatic rings. The molecule has 1 aromatic carbocycles. The molecule has 0 fully saturated rings. The van der Waals surface area contributed by atoms with Crippen LogP contribution in [0.3, 0.4) is 0 Å². The topological polar surface area (TPSA) is 75.2 Å². The van der Waals surface area contributed by atoms with Gasteiger partial charge in [0.15, 0.2) is 0 Å². The lowest BCUT2D eigenvalue weighted by Gasteiger charge is -2.16. The number of nitrogens with one attached hydrogen (secondary N) is 1. The van der Waals surface area contributed by atoms with Crippen LogP contribution >= 0.6 is 11.6 Å². The number of anilines is 1. The van der Waals surface area contributed by atoms with Crippen LogP contribution < -0.4 is 5.32 Å². The molecule has 0 saturated heterocycles. The molecule has 0 spiro atoms. The first-order valence-corrected chi connectivity index (χ1v) is 7.86. The first kappa shape index (κ1) is 18.0. The van der Waals surface area contributed by atoms with Crippen LogP contribution in [0, 0.1) is 6.92 Å². The van der Waals surface area contributed by atoms with Gasteiger partial charge in [-0.05, 0) is 26.0 Å². The summed E-state index contributed by atoms with van der Waals surface area (Å²) in [7, 11) is 1.85. The van der Waals surface area contributed by atoms with Crippen molar-refractivity contribution in [1.29, 1.82) is 0 Å². The molecule has 1 aromatic heterocycles. The molecule has 0 radical (unpaired) electrons. The van der Waals surface area contributed by atoms with Crippen molar-refractivity contribution >= 4 is 29.7 Å². The molecule has 1 amide bonds. The van der Waals surface area contributed by atoms with E-state index < -0.39 is 0 Å². The fourth-order valence-corrected chi connectivity index (χ4v) is 2.34. The summed E-state index contributed by atoms with van der Waals surface area (Å²) >= 11 is 5.70. The predicted molar refractivity (Wildman–Crippen MR) is 93.4 cm³/mol. The zero-order valence-electron chi connectivity index (χ0n) is 13.6. The van der Waals surface area contributed by atoms with Crippen LogP contribution in [-0.2, 0) is 11.2 Å². The molecule has 126 valence electrons. The van der Waals surface area contributed by atoms with Crippen LogP contribution in [0.15, 0.2) is 30.6 Å². The van der Waals surface area contributed by atoms with Crippen molar-refractivity contribution in [1.82, 2.24) is 14.9 Å². The van der Waals surface area contributed by atoms with Crippen LogP contribution in [0.4, 0.5) is 5.95 Å². The van der Waals surface area contributed by atoms with Crippen LogP contribution in [0.2, 0.25) is 5.02 Å². The van der Waals surface area contributed by atoms with Crippen molar-refractivity contribution < 1.29 is 9.59 Å². The van der Waals surface area contributed by atoms with Gasteiger partial charge in [0.1, 0.15) is 6.29 Å². The van der Waals surface area contributed by atoms with Gasteiger partial charge in [-0.15, -0.1) is 0 Å². The number of rotatable bonds is 7. The molecular weight excluding hydrogens is 328 g/mol. The number of aryl methyl sites for hydroxylation is 1. The van der Waals surface area contributed by atoms with Gasteiger partial charge in [-0.2, -0.15) is 0 Å². The van der Waals surface area contributed by atoms with E-state index in [1.54, 1.807) is 0 Å². The van der Waals surface area contributed by atoms with Gasteiger partial charge in [-0.25, -0.2) is 9.97 Å². The number of benzene rings is 1. The summed E-state index contributed by atoms with van der Waals surface area (Å²) in [6, 6.07) is 5.73. The molecule has 1 N–H and O–H groups in total. The lowest BCUT2D eigenvalue weighted by atomic mass is 10.0. The second-order valence-corrected chi connectivity index (χ2v) is 6.02. The average Bonchev–Trinajstić information content (AvgIpc) is 2.55. The minimum Gasteiger partial charge on any atom is -0.298 e. The first-order chi connectivity index (χ1) is 11.5. The van der Waals surface area contributed by atoms with E-state index in [4.69, 9.17) is 11.6 Å². The minimum absolute atomic E-state index is 0.203. The van der Waals surface area contributed by atoms with Crippen molar-refractivity contribution in [3.63, 3.8) is 0 Å². The van der Waals surface area contributed by atoms with Crippen molar-refractivity contribution in [3.05, 3.63) is 52.3 Å². The molecule has 1 heterocycles. The molecule has 0 saturated carbocycles. The van der Waals surface area contributed by atoms with Crippen molar-refractivity contribution in [2.75, 3.05) is 25.5 Å². The highest BCUT2D eigenvalue weighted by Crippen LogP contribution is 2.11. The fraction of sp³-hybridized carbons (Fsp3) is 0.294. The normalized spacial score (nSPS) is 10.7. The number of aromatic nitrogens is 2. The van der Waals surface area contributed by atoms with E-state index in [0.717, 1.165) is 17.4 Å². The zero-order chi connectivity index (χ0) is 17.5. The Bertz CT molecular complexity index is 719. The average molecular weight is 347 g/mol. The van der Waals surface area contributed by atoms with E-state index >= 15 is 0 Å². The Labute approximate surface area is 145 Å². The number of hydrogen-bond acceptors (Lipinski definition) is 5. The van der Waals surface area contributed by atoms with Gasteiger partial charge in [0.25, 0.3) is 0 Å². The molecule has 0 atom stereocenters. The summed E-state index contributed by atoms with van der Waals surface area (Å²) in [5, 5.41) is 3.02. The Kier molecular flexibility index (Phi) is 6.40. The molecule has 24 heavy (non-hydrogen) atoms. The molecule has 6 nitrogen and oxygen atoms in total. The Morgan fingerprint density at radius 1 is 1.33 bits per heavy atom. The fourth-order valence-electron chi connectivity index (χ4n) is 2.24. The molecule has 7 heteroatoms. The first-order valence-electron chi connectivity index (χ1n) is 7.48. The summed E-state index contributed by atoms with van der Waals surface area (Å²) in [5.41, 5.74) is 2.78. The third-order valence-electron chi connectivity index (χ3n) is 3.47. The molecule has 2 rings (SSSR count). The quantitative estimate of drug-likeness (QED) is 0.779. The highest BCUT2D eigenvalue weighted by Gasteiger charge is 2.10. The van der Waals surface area contributed by atoms with Crippen molar-refractivity contribution in [2.45, 2.75) is 13.3 Å². The van der Waals surface area contributed by atoms with Gasteiger partial charge in [-0.1, -0.05) is 35.4 Å². The number of nitrogens with zero attached hydrogens (tertiary/aromatic N) is 3. The van der Waals surface area contributed by atoms with E-state index in [0.29, 0.717) is 23.6 Å². The second-order valence-electron chi connectivity index (χ2n) is 5.58. The Balaban J connectivity index is 1.85. The maximum Gasteiger partial charge on any atom is 0.240 e. The van der Waals surface area contributed by atoms with Gasteiger partial charge in [0.2, 0.25) is 11.9 Å². The number of halogens is 1. The van der Waals surface area contributed by atoms with Gasteiger partial charge in [0.05, 0.1) is 24.0 Å². The summed E-state index contributed by atoms with van der Waals surface area (Å²) in [6.07, 6.45) is 4.40. The molecule has 0 aliphatic rings. The highest BCUT2D eigenvalue weighted by molar-refractivity contribution is 6.30. The number of aldehydes is 1. The lowest BCUT2D eigenvalue weighted by Crippen LogP contribution is -2.32. The highest BCUT2D eigenvalue weighted by atomic mass is 35.5.